The Morgan fingerprint density at radius 3 is 2.41 bits per heavy atom. The number of carbonyl (C=O) groups is 1. The third-order valence-electron chi connectivity index (χ3n) is 5.61. The topological polar surface area (TPSA) is 88.9 Å². The van der Waals surface area contributed by atoms with Gasteiger partial charge in [-0.05, 0) is 69.2 Å². The van der Waals surface area contributed by atoms with Gasteiger partial charge in [-0.25, -0.2) is 8.42 Å². The van der Waals surface area contributed by atoms with Crippen LogP contribution in [0.15, 0.2) is 52.0 Å². The lowest BCUT2D eigenvalue weighted by Crippen LogP contribution is -2.48. The molecule has 1 aliphatic rings. The average Bonchev–Trinajstić information content (AvgIpc) is 3.10. The molecule has 1 aliphatic heterocycles. The van der Waals surface area contributed by atoms with E-state index in [9.17, 15) is 13.2 Å². The number of fused-ring (bicyclic) bond motifs is 1. The van der Waals surface area contributed by atoms with E-state index in [0.29, 0.717) is 18.8 Å². The summed E-state index contributed by atoms with van der Waals surface area (Å²) in [5.41, 5.74) is 4.31. The minimum Gasteiger partial charge on any atom is -0.464 e. The molecule has 2 heterocycles. The summed E-state index contributed by atoms with van der Waals surface area (Å²) >= 11 is 0. The number of amides is 1. The molecule has 2 aromatic carbocycles. The minimum atomic E-state index is -3.62. The van der Waals surface area contributed by atoms with E-state index in [0.717, 1.165) is 27.7 Å². The van der Waals surface area contributed by atoms with Crippen LogP contribution in [0.25, 0.3) is 11.0 Å². The van der Waals surface area contributed by atoms with Crippen LogP contribution in [0.1, 0.15) is 30.5 Å². The zero-order valence-corrected chi connectivity index (χ0v) is 19.5. The van der Waals surface area contributed by atoms with Crippen molar-refractivity contribution >= 4 is 32.6 Å². The SMILES string of the molecule is Cc1cc(C)c2c(CC(=O)Nc3ccc(S(=O)(=O)N4C[C@@H](C)O[C@@H](C)C4)cc3)coc2c1. The summed E-state index contributed by atoms with van der Waals surface area (Å²) < 4.78 is 38.7. The van der Waals surface area contributed by atoms with E-state index < -0.39 is 10.0 Å². The number of nitrogens with one attached hydrogen (secondary N) is 1. The fourth-order valence-electron chi connectivity index (χ4n) is 4.32. The van der Waals surface area contributed by atoms with Crippen LogP contribution in [-0.2, 0) is 26.0 Å². The highest BCUT2D eigenvalue weighted by Gasteiger charge is 2.32. The van der Waals surface area contributed by atoms with Gasteiger partial charge in [0.2, 0.25) is 15.9 Å². The molecule has 2 atom stereocenters. The first-order valence-corrected chi connectivity index (χ1v) is 12.1. The number of nitrogens with zero attached hydrogens (tertiary/aromatic N) is 1. The lowest BCUT2D eigenvalue weighted by Gasteiger charge is -2.34. The summed E-state index contributed by atoms with van der Waals surface area (Å²) in [6.45, 7) is 8.38. The van der Waals surface area contributed by atoms with E-state index in [1.54, 1.807) is 18.4 Å². The summed E-state index contributed by atoms with van der Waals surface area (Å²) in [5, 5.41) is 3.80. The van der Waals surface area contributed by atoms with Crippen molar-refractivity contribution in [3.63, 3.8) is 0 Å². The van der Waals surface area contributed by atoms with E-state index >= 15 is 0 Å². The van der Waals surface area contributed by atoms with E-state index in [1.165, 1.54) is 16.4 Å². The van der Waals surface area contributed by atoms with Crippen LogP contribution in [0.2, 0.25) is 0 Å². The number of rotatable bonds is 5. The van der Waals surface area contributed by atoms with Gasteiger partial charge in [-0.15, -0.1) is 0 Å². The van der Waals surface area contributed by atoms with Gasteiger partial charge in [0.25, 0.3) is 0 Å². The maximum Gasteiger partial charge on any atom is 0.243 e. The van der Waals surface area contributed by atoms with E-state index in [4.69, 9.17) is 9.15 Å². The molecule has 1 aromatic heterocycles. The third-order valence-corrected chi connectivity index (χ3v) is 7.45. The van der Waals surface area contributed by atoms with Crippen LogP contribution in [0.5, 0.6) is 0 Å². The number of ether oxygens (including phenoxy) is 1. The van der Waals surface area contributed by atoms with Crippen LogP contribution >= 0.6 is 0 Å². The first kappa shape index (κ1) is 22.5. The van der Waals surface area contributed by atoms with Crippen molar-refractivity contribution in [3.05, 3.63) is 59.4 Å². The fraction of sp³-hybridized carbons (Fsp3) is 0.375. The van der Waals surface area contributed by atoms with Gasteiger partial charge >= 0.3 is 0 Å². The van der Waals surface area contributed by atoms with Gasteiger partial charge in [0, 0.05) is 29.7 Å². The monoisotopic (exact) mass is 456 g/mol. The summed E-state index contributed by atoms with van der Waals surface area (Å²) in [6, 6.07) is 10.3. The highest BCUT2D eigenvalue weighted by molar-refractivity contribution is 7.89. The number of hydrogen-bond donors (Lipinski definition) is 1. The lowest BCUT2D eigenvalue weighted by atomic mass is 10.0. The molecule has 3 aromatic rings. The van der Waals surface area contributed by atoms with E-state index in [-0.39, 0.29) is 29.4 Å². The highest BCUT2D eigenvalue weighted by atomic mass is 32.2. The number of benzene rings is 2. The minimum absolute atomic E-state index is 0.154. The number of sulfonamides is 1. The molecule has 0 aliphatic carbocycles. The number of anilines is 1. The molecule has 170 valence electrons. The first-order valence-electron chi connectivity index (χ1n) is 10.7. The molecule has 0 unspecified atom stereocenters. The maximum absolute atomic E-state index is 13.0. The van der Waals surface area contributed by atoms with Crippen molar-refractivity contribution in [1.82, 2.24) is 4.31 Å². The van der Waals surface area contributed by atoms with E-state index in [1.807, 2.05) is 33.8 Å². The molecule has 8 heteroatoms. The van der Waals surface area contributed by atoms with Crippen LogP contribution in [0.3, 0.4) is 0 Å². The molecule has 1 saturated heterocycles. The Balaban J connectivity index is 1.45. The van der Waals surface area contributed by atoms with Gasteiger partial charge in [-0.1, -0.05) is 6.07 Å². The Hall–Kier alpha value is -2.68. The van der Waals surface area contributed by atoms with Crippen molar-refractivity contribution < 1.29 is 22.4 Å². The first-order chi connectivity index (χ1) is 15.1. The van der Waals surface area contributed by atoms with Crippen LogP contribution in [0.4, 0.5) is 5.69 Å². The van der Waals surface area contributed by atoms with Crippen molar-refractivity contribution in [2.75, 3.05) is 18.4 Å². The largest absolute Gasteiger partial charge is 0.464 e. The number of aryl methyl sites for hydroxylation is 2. The Bertz CT molecular complexity index is 1240. The van der Waals surface area contributed by atoms with Crippen molar-refractivity contribution in [2.24, 2.45) is 0 Å². The summed E-state index contributed by atoms with van der Waals surface area (Å²) in [4.78, 5) is 12.8. The second-order valence-corrected chi connectivity index (χ2v) is 10.5. The normalized spacial score (nSPS) is 19.9. The van der Waals surface area contributed by atoms with E-state index in [2.05, 4.69) is 11.4 Å². The standard InChI is InChI=1S/C24H28N2O5S/c1-15-9-16(2)24-19(14-30-22(24)10-15)11-23(27)25-20-5-7-21(8-6-20)32(28,29)26-12-17(3)31-18(4)13-26/h5-10,14,17-18H,11-13H2,1-4H3,(H,25,27)/t17-,18+. The van der Waals surface area contributed by atoms with Crippen molar-refractivity contribution in [1.29, 1.82) is 0 Å². The Morgan fingerprint density at radius 2 is 1.75 bits per heavy atom. The van der Waals surface area contributed by atoms with Gasteiger partial charge in [-0.2, -0.15) is 4.31 Å². The molecule has 4 rings (SSSR count). The average molecular weight is 457 g/mol. The van der Waals surface area contributed by atoms with Crippen LogP contribution in [-0.4, -0.2) is 43.9 Å². The van der Waals surface area contributed by atoms with Crippen LogP contribution < -0.4 is 5.32 Å². The molecule has 7 nitrogen and oxygen atoms in total. The van der Waals surface area contributed by atoms with Gasteiger partial charge in [-0.3, -0.25) is 4.79 Å². The number of morpholine rings is 1. The zero-order chi connectivity index (χ0) is 23.0. The molecule has 1 fully saturated rings. The van der Waals surface area contributed by atoms with Gasteiger partial charge in [0.15, 0.2) is 0 Å². The van der Waals surface area contributed by atoms with Gasteiger partial charge < -0.3 is 14.5 Å². The Morgan fingerprint density at radius 1 is 1.09 bits per heavy atom. The molecule has 1 N–H and O–H groups in total. The highest BCUT2D eigenvalue weighted by Crippen LogP contribution is 2.27. The summed E-state index contributed by atoms with van der Waals surface area (Å²) in [6.07, 6.45) is 1.48. The van der Waals surface area contributed by atoms with Crippen molar-refractivity contribution in [2.45, 2.75) is 51.2 Å². The molecule has 32 heavy (non-hydrogen) atoms. The van der Waals surface area contributed by atoms with Gasteiger partial charge in [0.05, 0.1) is 29.8 Å². The molecule has 0 radical (unpaired) electrons. The molecular formula is C24H28N2O5S. The number of carbonyl (C=O) groups excluding carboxylic acids is 1. The summed E-state index contributed by atoms with van der Waals surface area (Å²) in [5.74, 6) is -0.195. The molecule has 0 spiro atoms. The van der Waals surface area contributed by atoms with Gasteiger partial charge in [0.1, 0.15) is 5.58 Å². The molecule has 0 bridgehead atoms. The second kappa shape index (κ2) is 8.69. The Kier molecular flexibility index (Phi) is 6.11. The Labute approximate surface area is 188 Å². The predicted molar refractivity (Wildman–Crippen MR) is 123 cm³/mol. The smallest absolute Gasteiger partial charge is 0.243 e. The number of furan rings is 1. The fourth-order valence-corrected chi connectivity index (χ4v) is 5.91. The summed E-state index contributed by atoms with van der Waals surface area (Å²) in [7, 11) is -3.62. The molecular weight excluding hydrogens is 428 g/mol. The quantitative estimate of drug-likeness (QED) is 0.626. The third kappa shape index (κ3) is 4.57. The predicted octanol–water partition coefficient (Wildman–Crippen LogP) is 4.03. The maximum atomic E-state index is 13.0. The second-order valence-electron chi connectivity index (χ2n) is 8.54. The number of hydrogen-bond acceptors (Lipinski definition) is 5. The van der Waals surface area contributed by atoms with Crippen LogP contribution in [0, 0.1) is 13.8 Å². The zero-order valence-electron chi connectivity index (χ0n) is 18.7. The molecule has 0 saturated carbocycles. The lowest BCUT2D eigenvalue weighted by molar-refractivity contribution is -0.115. The molecule has 1 amide bonds. The van der Waals surface area contributed by atoms with Crippen molar-refractivity contribution in [3.8, 4) is 0 Å².